The summed E-state index contributed by atoms with van der Waals surface area (Å²) in [7, 11) is 0. The van der Waals surface area contributed by atoms with Crippen LogP contribution in [0.2, 0.25) is 0 Å². The Hall–Kier alpha value is -2.00. The van der Waals surface area contributed by atoms with Crippen molar-refractivity contribution >= 4 is 5.69 Å². The van der Waals surface area contributed by atoms with E-state index in [0.717, 1.165) is 42.9 Å². The number of anilines is 1. The molecule has 0 saturated carbocycles. The Morgan fingerprint density at radius 3 is 2.55 bits per heavy atom. The van der Waals surface area contributed by atoms with E-state index < -0.39 is 0 Å². The van der Waals surface area contributed by atoms with E-state index in [0.29, 0.717) is 6.61 Å². The monoisotopic (exact) mass is 298 g/mol. The van der Waals surface area contributed by atoms with Crippen molar-refractivity contribution in [2.75, 3.05) is 18.8 Å². The molecule has 0 aromatic heterocycles. The first-order valence-corrected chi connectivity index (χ1v) is 8.05. The summed E-state index contributed by atoms with van der Waals surface area (Å²) < 4.78 is 5.80. The van der Waals surface area contributed by atoms with Crippen molar-refractivity contribution in [3.63, 3.8) is 0 Å². The second-order valence-electron chi connectivity index (χ2n) is 5.50. The molecular formula is C19H26N2O. The first-order chi connectivity index (χ1) is 10.8. The van der Waals surface area contributed by atoms with E-state index in [1.54, 1.807) is 0 Å². The molecule has 0 radical (unpaired) electrons. The van der Waals surface area contributed by atoms with Crippen molar-refractivity contribution in [1.29, 1.82) is 0 Å². The molecule has 2 aromatic rings. The molecule has 0 bridgehead atoms. The molecule has 0 fully saturated rings. The maximum absolute atomic E-state index is 6.10. The molecule has 0 atom stereocenters. The molecule has 2 rings (SSSR count). The number of nitrogens with one attached hydrogen (secondary N) is 1. The standard InChI is InChI=1S/C19H26N2O/c1-2-12-21-13-6-9-16-10-11-19(18(20)14-16)22-15-17-7-4-3-5-8-17/h3-5,7-8,10-11,14,21H,2,6,9,12-13,15,20H2,1H3. The van der Waals surface area contributed by atoms with Crippen molar-refractivity contribution in [2.45, 2.75) is 32.8 Å². The normalized spacial score (nSPS) is 10.6. The van der Waals surface area contributed by atoms with Gasteiger partial charge in [0.05, 0.1) is 5.69 Å². The number of hydrogen-bond donors (Lipinski definition) is 2. The number of nitrogens with two attached hydrogens (primary N) is 1. The molecule has 0 saturated heterocycles. The van der Waals surface area contributed by atoms with Crippen molar-refractivity contribution in [3.8, 4) is 5.75 Å². The van der Waals surface area contributed by atoms with Crippen LogP contribution < -0.4 is 15.8 Å². The lowest BCUT2D eigenvalue weighted by Crippen LogP contribution is -2.16. The predicted octanol–water partition coefficient (Wildman–Crippen LogP) is 3.78. The number of rotatable bonds is 9. The molecule has 0 aliphatic carbocycles. The van der Waals surface area contributed by atoms with Crippen LogP contribution in [-0.4, -0.2) is 13.1 Å². The van der Waals surface area contributed by atoms with Crippen LogP contribution in [-0.2, 0) is 13.0 Å². The molecule has 3 heteroatoms. The highest BCUT2D eigenvalue weighted by Gasteiger charge is 2.03. The molecule has 118 valence electrons. The Morgan fingerprint density at radius 2 is 1.82 bits per heavy atom. The summed E-state index contributed by atoms with van der Waals surface area (Å²) in [5, 5.41) is 3.41. The Morgan fingerprint density at radius 1 is 1.00 bits per heavy atom. The van der Waals surface area contributed by atoms with Crippen LogP contribution in [0.3, 0.4) is 0 Å². The minimum atomic E-state index is 0.547. The highest BCUT2D eigenvalue weighted by molar-refractivity contribution is 5.54. The van der Waals surface area contributed by atoms with Crippen LogP contribution in [0, 0.1) is 0 Å². The lowest BCUT2D eigenvalue weighted by molar-refractivity contribution is 0.308. The van der Waals surface area contributed by atoms with Gasteiger partial charge in [-0.3, -0.25) is 0 Å². The number of ether oxygens (including phenoxy) is 1. The van der Waals surface area contributed by atoms with Gasteiger partial charge in [0, 0.05) is 0 Å². The zero-order valence-corrected chi connectivity index (χ0v) is 13.3. The van der Waals surface area contributed by atoms with Crippen molar-refractivity contribution in [1.82, 2.24) is 5.32 Å². The van der Waals surface area contributed by atoms with Crippen LogP contribution in [0.4, 0.5) is 5.69 Å². The second kappa shape index (κ2) is 9.11. The fourth-order valence-corrected chi connectivity index (χ4v) is 2.34. The predicted molar refractivity (Wildman–Crippen MR) is 93.1 cm³/mol. The summed E-state index contributed by atoms with van der Waals surface area (Å²) in [6, 6.07) is 16.2. The lowest BCUT2D eigenvalue weighted by Gasteiger charge is -2.11. The molecule has 0 aliphatic rings. The Kier molecular flexibility index (Phi) is 6.78. The summed E-state index contributed by atoms with van der Waals surface area (Å²) in [6.45, 7) is 4.88. The zero-order chi connectivity index (χ0) is 15.6. The zero-order valence-electron chi connectivity index (χ0n) is 13.3. The third kappa shape index (κ3) is 5.41. The van der Waals surface area contributed by atoms with E-state index in [4.69, 9.17) is 10.5 Å². The number of aryl methyl sites for hydroxylation is 1. The Bertz CT molecular complexity index is 555. The van der Waals surface area contributed by atoms with Crippen LogP contribution >= 0.6 is 0 Å². The Labute approximate surface area is 133 Å². The van der Waals surface area contributed by atoms with Crippen LogP contribution in [0.15, 0.2) is 48.5 Å². The smallest absolute Gasteiger partial charge is 0.142 e. The second-order valence-corrected chi connectivity index (χ2v) is 5.50. The lowest BCUT2D eigenvalue weighted by atomic mass is 10.1. The molecule has 2 aromatic carbocycles. The van der Waals surface area contributed by atoms with Gasteiger partial charge in [0.1, 0.15) is 12.4 Å². The highest BCUT2D eigenvalue weighted by Crippen LogP contribution is 2.24. The van der Waals surface area contributed by atoms with E-state index in [-0.39, 0.29) is 0 Å². The summed E-state index contributed by atoms with van der Waals surface area (Å²) in [5.74, 6) is 0.761. The van der Waals surface area contributed by atoms with E-state index in [1.807, 2.05) is 42.5 Å². The van der Waals surface area contributed by atoms with Gasteiger partial charge in [0.15, 0.2) is 0 Å². The van der Waals surface area contributed by atoms with E-state index >= 15 is 0 Å². The van der Waals surface area contributed by atoms with Gasteiger partial charge >= 0.3 is 0 Å². The maximum atomic E-state index is 6.10. The van der Waals surface area contributed by atoms with E-state index in [9.17, 15) is 0 Å². The minimum absolute atomic E-state index is 0.547. The van der Waals surface area contributed by atoms with Crippen LogP contribution in [0.5, 0.6) is 5.75 Å². The summed E-state index contributed by atoms with van der Waals surface area (Å²) in [6.07, 6.45) is 3.35. The van der Waals surface area contributed by atoms with Gasteiger partial charge in [-0.25, -0.2) is 0 Å². The van der Waals surface area contributed by atoms with Crippen LogP contribution in [0.1, 0.15) is 30.9 Å². The summed E-state index contributed by atoms with van der Waals surface area (Å²) >= 11 is 0. The molecule has 0 heterocycles. The van der Waals surface area contributed by atoms with Gasteiger partial charge in [-0.2, -0.15) is 0 Å². The third-order valence-corrected chi connectivity index (χ3v) is 3.56. The van der Waals surface area contributed by atoms with E-state index in [1.165, 1.54) is 12.0 Å². The first-order valence-electron chi connectivity index (χ1n) is 8.05. The topological polar surface area (TPSA) is 47.3 Å². The molecular weight excluding hydrogens is 272 g/mol. The van der Waals surface area contributed by atoms with Gasteiger partial charge in [0.2, 0.25) is 0 Å². The van der Waals surface area contributed by atoms with E-state index in [2.05, 4.69) is 18.3 Å². The SMILES string of the molecule is CCCNCCCc1ccc(OCc2ccccc2)c(N)c1. The number of nitrogen functional groups attached to an aromatic ring is 1. The van der Waals surface area contributed by atoms with Gasteiger partial charge in [0.25, 0.3) is 0 Å². The summed E-state index contributed by atoms with van der Waals surface area (Å²) in [4.78, 5) is 0. The number of benzene rings is 2. The fourth-order valence-electron chi connectivity index (χ4n) is 2.34. The molecule has 3 nitrogen and oxygen atoms in total. The molecule has 3 N–H and O–H groups in total. The minimum Gasteiger partial charge on any atom is -0.487 e. The van der Waals surface area contributed by atoms with Crippen molar-refractivity contribution in [2.24, 2.45) is 0 Å². The quantitative estimate of drug-likeness (QED) is 0.547. The molecule has 0 unspecified atom stereocenters. The summed E-state index contributed by atoms with van der Waals surface area (Å²) in [5.41, 5.74) is 9.23. The van der Waals surface area contributed by atoms with Gasteiger partial charge in [-0.15, -0.1) is 0 Å². The first kappa shape index (κ1) is 16.4. The molecule has 0 spiro atoms. The van der Waals surface area contributed by atoms with Gasteiger partial charge in [-0.05, 0) is 55.6 Å². The average Bonchev–Trinajstić information content (AvgIpc) is 2.55. The molecule has 22 heavy (non-hydrogen) atoms. The largest absolute Gasteiger partial charge is 0.487 e. The molecule has 0 amide bonds. The van der Waals surface area contributed by atoms with Crippen LogP contribution in [0.25, 0.3) is 0 Å². The van der Waals surface area contributed by atoms with Gasteiger partial charge < -0.3 is 15.8 Å². The molecule has 0 aliphatic heterocycles. The third-order valence-electron chi connectivity index (χ3n) is 3.56. The highest BCUT2D eigenvalue weighted by atomic mass is 16.5. The fraction of sp³-hybridized carbons (Fsp3) is 0.368. The van der Waals surface area contributed by atoms with Crippen molar-refractivity contribution in [3.05, 3.63) is 59.7 Å². The maximum Gasteiger partial charge on any atom is 0.142 e. The number of hydrogen-bond acceptors (Lipinski definition) is 3. The van der Waals surface area contributed by atoms with Crippen molar-refractivity contribution < 1.29 is 4.74 Å². The van der Waals surface area contributed by atoms with Gasteiger partial charge in [-0.1, -0.05) is 43.3 Å². The Balaban J connectivity index is 1.81. The average molecular weight is 298 g/mol.